The number of benzene rings is 1. The molecule has 1 aromatic heterocycles. The van der Waals surface area contributed by atoms with Gasteiger partial charge in [0.2, 0.25) is 0 Å². The lowest BCUT2D eigenvalue weighted by molar-refractivity contribution is 0.0787. The van der Waals surface area contributed by atoms with Crippen molar-refractivity contribution in [3.8, 4) is 11.1 Å². The second-order valence-corrected chi connectivity index (χ2v) is 6.19. The summed E-state index contributed by atoms with van der Waals surface area (Å²) in [6.07, 6.45) is 3.90. The number of pyridine rings is 1. The Hall–Kier alpha value is -2.20. The summed E-state index contributed by atoms with van der Waals surface area (Å²) in [6.45, 7) is 4.45. The Bertz CT molecular complexity index is 675. The van der Waals surface area contributed by atoms with E-state index in [1.807, 2.05) is 17.0 Å². The number of rotatable bonds is 4. The third-order valence-electron chi connectivity index (χ3n) is 4.54. The molecule has 1 aliphatic rings. The zero-order valence-corrected chi connectivity index (χ0v) is 13.5. The van der Waals surface area contributed by atoms with E-state index >= 15 is 0 Å². The van der Waals surface area contributed by atoms with Crippen LogP contribution in [0.3, 0.4) is 0 Å². The lowest BCUT2D eigenvalue weighted by Gasteiger charge is -2.15. The Morgan fingerprint density at radius 1 is 1.17 bits per heavy atom. The Labute approximate surface area is 137 Å². The van der Waals surface area contributed by atoms with Crippen LogP contribution in [0.15, 0.2) is 42.6 Å². The molecular weight excluding hydrogens is 286 g/mol. The SMILES string of the molecule is CC(CN)c1ccc(-c2ccnc(C(=O)N3CCCC3)c2)cc1. The molecule has 3 rings (SSSR count). The fourth-order valence-corrected chi connectivity index (χ4v) is 2.95. The minimum atomic E-state index is 0.0396. The van der Waals surface area contributed by atoms with Crippen LogP contribution in [0, 0.1) is 0 Å². The number of hydrogen-bond donors (Lipinski definition) is 1. The molecule has 23 heavy (non-hydrogen) atoms. The van der Waals surface area contributed by atoms with E-state index in [0.29, 0.717) is 18.2 Å². The molecule has 1 aromatic carbocycles. The number of nitrogens with two attached hydrogens (primary N) is 1. The molecule has 0 spiro atoms. The van der Waals surface area contributed by atoms with Gasteiger partial charge in [0.15, 0.2) is 0 Å². The maximum Gasteiger partial charge on any atom is 0.272 e. The van der Waals surface area contributed by atoms with Crippen molar-refractivity contribution >= 4 is 5.91 Å². The monoisotopic (exact) mass is 309 g/mol. The van der Waals surface area contributed by atoms with Gasteiger partial charge in [0.05, 0.1) is 0 Å². The van der Waals surface area contributed by atoms with Crippen molar-refractivity contribution in [3.63, 3.8) is 0 Å². The van der Waals surface area contributed by atoms with E-state index in [1.165, 1.54) is 5.56 Å². The van der Waals surface area contributed by atoms with Crippen LogP contribution in [-0.2, 0) is 0 Å². The van der Waals surface area contributed by atoms with E-state index < -0.39 is 0 Å². The summed E-state index contributed by atoms with van der Waals surface area (Å²) in [5, 5.41) is 0. The molecule has 0 radical (unpaired) electrons. The highest BCUT2D eigenvalue weighted by Crippen LogP contribution is 2.23. The number of amides is 1. The molecule has 0 bridgehead atoms. The Balaban J connectivity index is 1.83. The third-order valence-corrected chi connectivity index (χ3v) is 4.54. The summed E-state index contributed by atoms with van der Waals surface area (Å²) in [5.41, 5.74) is 9.60. The fraction of sp³-hybridized carbons (Fsp3) is 0.368. The maximum absolute atomic E-state index is 12.5. The second-order valence-electron chi connectivity index (χ2n) is 6.19. The van der Waals surface area contributed by atoms with Crippen LogP contribution < -0.4 is 5.73 Å². The van der Waals surface area contributed by atoms with Crippen LogP contribution in [0.4, 0.5) is 0 Å². The van der Waals surface area contributed by atoms with Gasteiger partial charge >= 0.3 is 0 Å². The molecular formula is C19H23N3O. The highest BCUT2D eigenvalue weighted by atomic mass is 16.2. The molecule has 1 aliphatic heterocycles. The minimum absolute atomic E-state index is 0.0396. The maximum atomic E-state index is 12.5. The smallest absolute Gasteiger partial charge is 0.272 e. The average Bonchev–Trinajstić information content (AvgIpc) is 3.15. The molecule has 4 nitrogen and oxygen atoms in total. The highest BCUT2D eigenvalue weighted by molar-refractivity contribution is 5.93. The molecule has 2 aromatic rings. The van der Waals surface area contributed by atoms with E-state index in [-0.39, 0.29) is 5.91 Å². The lowest BCUT2D eigenvalue weighted by Crippen LogP contribution is -2.28. The van der Waals surface area contributed by atoms with Crippen LogP contribution in [0.25, 0.3) is 11.1 Å². The molecule has 0 aliphatic carbocycles. The van der Waals surface area contributed by atoms with E-state index in [1.54, 1.807) is 6.20 Å². The van der Waals surface area contributed by atoms with Gasteiger partial charge in [0.1, 0.15) is 5.69 Å². The van der Waals surface area contributed by atoms with Gasteiger partial charge in [-0.3, -0.25) is 9.78 Å². The molecule has 1 atom stereocenters. The molecule has 1 saturated heterocycles. The predicted octanol–water partition coefficient (Wildman–Crippen LogP) is 3.05. The zero-order chi connectivity index (χ0) is 16.2. The molecule has 0 saturated carbocycles. The first-order chi connectivity index (χ1) is 11.2. The number of likely N-dealkylation sites (tertiary alicyclic amines) is 1. The lowest BCUT2D eigenvalue weighted by atomic mass is 9.98. The quantitative estimate of drug-likeness (QED) is 0.944. The van der Waals surface area contributed by atoms with Gasteiger partial charge in [-0.05, 0) is 54.1 Å². The molecule has 2 heterocycles. The van der Waals surface area contributed by atoms with E-state index in [2.05, 4.69) is 36.2 Å². The van der Waals surface area contributed by atoms with Crippen molar-refractivity contribution in [3.05, 3.63) is 53.9 Å². The van der Waals surface area contributed by atoms with Gasteiger partial charge < -0.3 is 10.6 Å². The van der Waals surface area contributed by atoms with Crippen molar-refractivity contribution < 1.29 is 4.79 Å². The first kappa shape index (κ1) is 15.7. The molecule has 1 amide bonds. The van der Waals surface area contributed by atoms with Crippen LogP contribution in [0.5, 0.6) is 0 Å². The first-order valence-electron chi connectivity index (χ1n) is 8.25. The van der Waals surface area contributed by atoms with Crippen LogP contribution in [0.2, 0.25) is 0 Å². The zero-order valence-electron chi connectivity index (χ0n) is 13.5. The van der Waals surface area contributed by atoms with Crippen molar-refractivity contribution in [2.24, 2.45) is 5.73 Å². The minimum Gasteiger partial charge on any atom is -0.337 e. The molecule has 4 heteroatoms. The molecule has 1 unspecified atom stereocenters. The van der Waals surface area contributed by atoms with Gasteiger partial charge in [0.25, 0.3) is 5.91 Å². The van der Waals surface area contributed by atoms with Gasteiger partial charge in [-0.1, -0.05) is 31.2 Å². The van der Waals surface area contributed by atoms with Gasteiger partial charge in [-0.2, -0.15) is 0 Å². The number of carbonyl (C=O) groups is 1. The molecule has 1 fully saturated rings. The van der Waals surface area contributed by atoms with Crippen molar-refractivity contribution in [1.82, 2.24) is 9.88 Å². The summed E-state index contributed by atoms with van der Waals surface area (Å²) in [5.74, 6) is 0.395. The van der Waals surface area contributed by atoms with Gasteiger partial charge in [0, 0.05) is 19.3 Å². The van der Waals surface area contributed by atoms with Gasteiger partial charge in [-0.15, -0.1) is 0 Å². The van der Waals surface area contributed by atoms with E-state index in [0.717, 1.165) is 37.1 Å². The van der Waals surface area contributed by atoms with Crippen LogP contribution >= 0.6 is 0 Å². The van der Waals surface area contributed by atoms with Crippen LogP contribution in [0.1, 0.15) is 41.7 Å². The fourth-order valence-electron chi connectivity index (χ4n) is 2.95. The largest absolute Gasteiger partial charge is 0.337 e. The van der Waals surface area contributed by atoms with Crippen molar-refractivity contribution in [1.29, 1.82) is 0 Å². The normalized spacial score (nSPS) is 15.7. The number of aromatic nitrogens is 1. The first-order valence-corrected chi connectivity index (χ1v) is 8.25. The van der Waals surface area contributed by atoms with E-state index in [4.69, 9.17) is 5.73 Å². The Morgan fingerprint density at radius 2 is 1.87 bits per heavy atom. The summed E-state index contributed by atoms with van der Waals surface area (Å²) < 4.78 is 0. The van der Waals surface area contributed by atoms with Crippen molar-refractivity contribution in [2.45, 2.75) is 25.7 Å². The van der Waals surface area contributed by atoms with Crippen molar-refractivity contribution in [2.75, 3.05) is 19.6 Å². The highest BCUT2D eigenvalue weighted by Gasteiger charge is 2.20. The summed E-state index contributed by atoms with van der Waals surface area (Å²) in [4.78, 5) is 18.6. The van der Waals surface area contributed by atoms with E-state index in [9.17, 15) is 4.79 Å². The topological polar surface area (TPSA) is 59.2 Å². The standard InChI is InChI=1S/C19H23N3O/c1-14(13-20)15-4-6-16(7-5-15)17-8-9-21-18(12-17)19(23)22-10-2-3-11-22/h4-9,12,14H,2-3,10-11,13,20H2,1H3. The number of carbonyl (C=O) groups excluding carboxylic acids is 1. The third kappa shape index (κ3) is 3.42. The summed E-state index contributed by atoms with van der Waals surface area (Å²) in [6, 6.07) is 12.2. The van der Waals surface area contributed by atoms with Crippen LogP contribution in [-0.4, -0.2) is 35.4 Å². The predicted molar refractivity (Wildman–Crippen MR) is 92.3 cm³/mol. The second kappa shape index (κ2) is 6.92. The Morgan fingerprint density at radius 3 is 2.52 bits per heavy atom. The van der Waals surface area contributed by atoms with Gasteiger partial charge in [-0.25, -0.2) is 0 Å². The summed E-state index contributed by atoms with van der Waals surface area (Å²) in [7, 11) is 0. The number of nitrogens with zero attached hydrogens (tertiary/aromatic N) is 2. The molecule has 2 N–H and O–H groups in total. The summed E-state index contributed by atoms with van der Waals surface area (Å²) >= 11 is 0. The molecule has 120 valence electrons. The number of hydrogen-bond acceptors (Lipinski definition) is 3. The average molecular weight is 309 g/mol. The Kier molecular flexibility index (Phi) is 4.72.